The minimum absolute atomic E-state index is 0.221. The van der Waals surface area contributed by atoms with Gasteiger partial charge in [-0.1, -0.05) is 19.9 Å². The fourth-order valence-corrected chi connectivity index (χ4v) is 1.76. The third-order valence-corrected chi connectivity index (χ3v) is 2.91. The van der Waals surface area contributed by atoms with E-state index in [0.717, 1.165) is 0 Å². The maximum atomic E-state index is 12.8. The summed E-state index contributed by atoms with van der Waals surface area (Å²) in [7, 11) is 0. The van der Waals surface area contributed by atoms with Gasteiger partial charge in [-0.3, -0.25) is 0 Å². The second-order valence-electron chi connectivity index (χ2n) is 5.42. The van der Waals surface area contributed by atoms with Gasteiger partial charge in [0.05, 0.1) is 17.7 Å². The lowest BCUT2D eigenvalue weighted by molar-refractivity contribution is 0.0457. The SMILES string of the molecule is CC(C)COC(=O)c1cccc(OC(=O)c2ccc(F)cc2)c1. The van der Waals surface area contributed by atoms with E-state index >= 15 is 0 Å². The van der Waals surface area contributed by atoms with E-state index in [1.54, 1.807) is 18.2 Å². The van der Waals surface area contributed by atoms with Crippen molar-refractivity contribution in [1.82, 2.24) is 0 Å². The van der Waals surface area contributed by atoms with Crippen molar-refractivity contribution < 1.29 is 23.5 Å². The molecule has 0 N–H and O–H groups in total. The van der Waals surface area contributed by atoms with Crippen molar-refractivity contribution in [2.75, 3.05) is 6.61 Å². The normalized spacial score (nSPS) is 10.4. The molecule has 120 valence electrons. The number of carbonyl (C=O) groups is 2. The van der Waals surface area contributed by atoms with Crippen molar-refractivity contribution in [2.45, 2.75) is 13.8 Å². The molecule has 0 bridgehead atoms. The van der Waals surface area contributed by atoms with Gasteiger partial charge < -0.3 is 9.47 Å². The largest absolute Gasteiger partial charge is 0.462 e. The number of hydrogen-bond acceptors (Lipinski definition) is 4. The summed E-state index contributed by atoms with van der Waals surface area (Å²) in [4.78, 5) is 23.9. The van der Waals surface area contributed by atoms with Gasteiger partial charge in [0, 0.05) is 0 Å². The molecule has 0 heterocycles. The summed E-state index contributed by atoms with van der Waals surface area (Å²) >= 11 is 0. The zero-order chi connectivity index (χ0) is 16.8. The summed E-state index contributed by atoms with van der Waals surface area (Å²) in [6, 6.07) is 11.2. The number of esters is 2. The average molecular weight is 316 g/mol. The molecule has 0 saturated carbocycles. The molecule has 5 heteroatoms. The molecule has 0 saturated heterocycles. The summed E-state index contributed by atoms with van der Waals surface area (Å²) < 4.78 is 23.2. The van der Waals surface area contributed by atoms with Gasteiger partial charge in [0.1, 0.15) is 11.6 Å². The van der Waals surface area contributed by atoms with Crippen LogP contribution in [0.15, 0.2) is 48.5 Å². The minimum Gasteiger partial charge on any atom is -0.462 e. The van der Waals surface area contributed by atoms with Crippen LogP contribution in [-0.2, 0) is 4.74 Å². The molecule has 0 aliphatic heterocycles. The molecule has 23 heavy (non-hydrogen) atoms. The summed E-state index contributed by atoms with van der Waals surface area (Å²) in [6.07, 6.45) is 0. The lowest BCUT2D eigenvalue weighted by Crippen LogP contribution is -2.11. The van der Waals surface area contributed by atoms with Crippen LogP contribution in [-0.4, -0.2) is 18.5 Å². The Morgan fingerprint density at radius 2 is 1.70 bits per heavy atom. The van der Waals surface area contributed by atoms with Gasteiger partial charge in [0.2, 0.25) is 0 Å². The number of ether oxygens (including phenoxy) is 2. The van der Waals surface area contributed by atoms with E-state index in [0.29, 0.717) is 12.2 Å². The molecule has 4 nitrogen and oxygen atoms in total. The van der Waals surface area contributed by atoms with Gasteiger partial charge >= 0.3 is 11.9 Å². The molecule has 0 aliphatic carbocycles. The lowest BCUT2D eigenvalue weighted by atomic mass is 10.2. The van der Waals surface area contributed by atoms with Crippen LogP contribution >= 0.6 is 0 Å². The quantitative estimate of drug-likeness (QED) is 0.621. The van der Waals surface area contributed by atoms with Crippen LogP contribution in [0.1, 0.15) is 34.6 Å². The zero-order valence-corrected chi connectivity index (χ0v) is 12.9. The molecule has 0 spiro atoms. The van der Waals surface area contributed by atoms with E-state index in [4.69, 9.17) is 9.47 Å². The van der Waals surface area contributed by atoms with E-state index in [1.165, 1.54) is 30.3 Å². The van der Waals surface area contributed by atoms with E-state index in [2.05, 4.69) is 0 Å². The number of carbonyl (C=O) groups excluding carboxylic acids is 2. The molecular weight excluding hydrogens is 299 g/mol. The Kier molecular flexibility index (Phi) is 5.46. The molecule has 0 amide bonds. The summed E-state index contributed by atoms with van der Waals surface area (Å²) in [5, 5.41) is 0. The number of hydrogen-bond donors (Lipinski definition) is 0. The van der Waals surface area contributed by atoms with Crippen LogP contribution in [0.25, 0.3) is 0 Å². The fourth-order valence-electron chi connectivity index (χ4n) is 1.76. The Morgan fingerprint density at radius 1 is 1.00 bits per heavy atom. The molecular formula is C18H17FO4. The highest BCUT2D eigenvalue weighted by Crippen LogP contribution is 2.16. The van der Waals surface area contributed by atoms with Crippen LogP contribution in [0.4, 0.5) is 4.39 Å². The molecule has 0 unspecified atom stereocenters. The maximum Gasteiger partial charge on any atom is 0.343 e. The number of halogens is 1. The fraction of sp³-hybridized carbons (Fsp3) is 0.222. The van der Waals surface area contributed by atoms with E-state index in [-0.39, 0.29) is 17.2 Å². The molecule has 0 fully saturated rings. The van der Waals surface area contributed by atoms with Crippen LogP contribution in [0.2, 0.25) is 0 Å². The van der Waals surface area contributed by atoms with Gasteiger partial charge in [-0.05, 0) is 48.4 Å². The highest BCUT2D eigenvalue weighted by Gasteiger charge is 2.12. The Morgan fingerprint density at radius 3 is 2.35 bits per heavy atom. The van der Waals surface area contributed by atoms with Crippen LogP contribution in [0.5, 0.6) is 5.75 Å². The number of rotatable bonds is 5. The van der Waals surface area contributed by atoms with E-state index in [9.17, 15) is 14.0 Å². The van der Waals surface area contributed by atoms with Crippen molar-refractivity contribution >= 4 is 11.9 Å². The van der Waals surface area contributed by atoms with Crippen molar-refractivity contribution in [1.29, 1.82) is 0 Å². The Balaban J connectivity index is 2.06. The second-order valence-corrected chi connectivity index (χ2v) is 5.42. The van der Waals surface area contributed by atoms with Crippen molar-refractivity contribution in [3.05, 3.63) is 65.5 Å². The predicted molar refractivity (Wildman–Crippen MR) is 82.9 cm³/mol. The molecule has 0 aliphatic rings. The molecule has 0 radical (unpaired) electrons. The predicted octanol–water partition coefficient (Wildman–Crippen LogP) is 3.86. The summed E-state index contributed by atoms with van der Waals surface area (Å²) in [5.41, 5.74) is 0.522. The van der Waals surface area contributed by atoms with Crippen molar-refractivity contribution in [2.24, 2.45) is 5.92 Å². The van der Waals surface area contributed by atoms with E-state index < -0.39 is 17.8 Å². The first-order valence-corrected chi connectivity index (χ1v) is 7.20. The van der Waals surface area contributed by atoms with Crippen LogP contribution in [0.3, 0.4) is 0 Å². The molecule has 2 aromatic rings. The minimum atomic E-state index is -0.627. The van der Waals surface area contributed by atoms with E-state index in [1.807, 2.05) is 13.8 Å². The van der Waals surface area contributed by atoms with Gasteiger partial charge in [-0.2, -0.15) is 0 Å². The number of benzene rings is 2. The highest BCUT2D eigenvalue weighted by molar-refractivity contribution is 5.92. The van der Waals surface area contributed by atoms with Crippen molar-refractivity contribution in [3.8, 4) is 5.75 Å². The van der Waals surface area contributed by atoms with Gasteiger partial charge in [-0.15, -0.1) is 0 Å². The first-order valence-electron chi connectivity index (χ1n) is 7.20. The molecule has 2 rings (SSSR count). The van der Waals surface area contributed by atoms with Gasteiger partial charge in [0.15, 0.2) is 0 Å². The summed E-state index contributed by atoms with van der Waals surface area (Å²) in [5.74, 6) is -1.08. The van der Waals surface area contributed by atoms with Crippen LogP contribution < -0.4 is 4.74 Å². The second kappa shape index (κ2) is 7.54. The third kappa shape index (κ3) is 4.92. The lowest BCUT2D eigenvalue weighted by Gasteiger charge is -2.08. The van der Waals surface area contributed by atoms with Crippen molar-refractivity contribution in [3.63, 3.8) is 0 Å². The first-order chi connectivity index (χ1) is 11.0. The molecule has 0 atom stereocenters. The average Bonchev–Trinajstić information content (AvgIpc) is 2.53. The Hall–Kier alpha value is -2.69. The maximum absolute atomic E-state index is 12.8. The first kappa shape index (κ1) is 16.7. The van der Waals surface area contributed by atoms with Gasteiger partial charge in [-0.25, -0.2) is 14.0 Å². The monoisotopic (exact) mass is 316 g/mol. The molecule has 2 aromatic carbocycles. The topological polar surface area (TPSA) is 52.6 Å². The summed E-state index contributed by atoms with van der Waals surface area (Å²) in [6.45, 7) is 4.20. The standard InChI is InChI=1S/C18H17FO4/c1-12(2)11-22-17(20)14-4-3-5-16(10-14)23-18(21)13-6-8-15(19)9-7-13/h3-10,12H,11H2,1-2H3. The Bertz CT molecular complexity index is 692. The smallest absolute Gasteiger partial charge is 0.343 e. The Labute approximate surface area is 133 Å². The third-order valence-electron chi connectivity index (χ3n) is 2.91. The zero-order valence-electron chi connectivity index (χ0n) is 12.9. The highest BCUT2D eigenvalue weighted by atomic mass is 19.1. The van der Waals surface area contributed by atoms with Gasteiger partial charge in [0.25, 0.3) is 0 Å². The van der Waals surface area contributed by atoms with Crippen LogP contribution in [0, 0.1) is 11.7 Å². The molecule has 0 aromatic heterocycles.